The first kappa shape index (κ1) is 33.1. The molecule has 0 saturated heterocycles. The van der Waals surface area contributed by atoms with Gasteiger partial charge in [0, 0.05) is 17.7 Å². The second kappa shape index (κ2) is 12.3. The number of hydrogen-bond donors (Lipinski definition) is 1. The number of hydrogen-bond acceptors (Lipinski definition) is 4. The van der Waals surface area contributed by atoms with Crippen LogP contribution in [0.25, 0.3) is 0 Å². The number of nitriles is 1. The molecule has 0 unspecified atom stereocenters. The van der Waals surface area contributed by atoms with E-state index in [1.54, 1.807) is 0 Å². The normalized spacial score (nSPS) is 13.7. The van der Waals surface area contributed by atoms with E-state index in [1.165, 1.54) is 36.4 Å². The van der Waals surface area contributed by atoms with Gasteiger partial charge in [-0.1, -0.05) is 12.1 Å². The average molecular weight is 647 g/mol. The average Bonchev–Trinajstić information content (AvgIpc) is 3.79. The number of halogens is 10. The van der Waals surface area contributed by atoms with Crippen LogP contribution >= 0.6 is 0 Å². The summed E-state index contributed by atoms with van der Waals surface area (Å²) in [5, 5.41) is 10.9. The highest BCUT2D eigenvalue weighted by atomic mass is 19.4. The first-order valence-corrected chi connectivity index (χ1v) is 12.8. The molecule has 0 atom stereocenters. The number of carbonyl (C=O) groups excluding carboxylic acids is 2. The van der Waals surface area contributed by atoms with Crippen LogP contribution < -0.4 is 15.0 Å². The van der Waals surface area contributed by atoms with Crippen molar-refractivity contribution in [3.8, 4) is 11.8 Å². The SMILES string of the molecule is N#Cc1ccc(C(=O)N(CC2CC2)c2cccc(C(=O)Nc3ccc(C(F)(C(F)(F)F)C(F)(F)F)cc3OC(F)F)c2F)cc1. The number of nitrogens with one attached hydrogen (secondary N) is 1. The van der Waals surface area contributed by atoms with Crippen molar-refractivity contribution in [2.75, 3.05) is 16.8 Å². The van der Waals surface area contributed by atoms with Crippen LogP contribution in [0.1, 0.15) is 44.7 Å². The van der Waals surface area contributed by atoms with Crippen LogP contribution in [0.15, 0.2) is 60.7 Å². The molecule has 0 radical (unpaired) electrons. The largest absolute Gasteiger partial charge is 0.435 e. The Morgan fingerprint density at radius 2 is 1.58 bits per heavy atom. The number of alkyl halides is 9. The Hall–Kier alpha value is -4.81. The highest BCUT2D eigenvalue weighted by Gasteiger charge is 2.73. The smallest absolute Gasteiger partial charge is 0.433 e. The Kier molecular flexibility index (Phi) is 9.04. The lowest BCUT2D eigenvalue weighted by Gasteiger charge is -2.30. The monoisotopic (exact) mass is 647 g/mol. The number of benzene rings is 3. The molecule has 3 aromatic carbocycles. The lowest BCUT2D eigenvalue weighted by Crippen LogP contribution is -2.50. The van der Waals surface area contributed by atoms with Gasteiger partial charge in [-0.3, -0.25) is 9.59 Å². The van der Waals surface area contributed by atoms with Gasteiger partial charge in [0.15, 0.2) is 5.82 Å². The van der Waals surface area contributed by atoms with Crippen molar-refractivity contribution in [2.24, 2.45) is 5.92 Å². The molecule has 4 rings (SSSR count). The van der Waals surface area contributed by atoms with Gasteiger partial charge in [0.25, 0.3) is 11.8 Å². The van der Waals surface area contributed by atoms with E-state index in [4.69, 9.17) is 5.26 Å². The zero-order valence-corrected chi connectivity index (χ0v) is 22.4. The Labute approximate surface area is 247 Å². The second-order valence-corrected chi connectivity index (χ2v) is 9.88. The summed E-state index contributed by atoms with van der Waals surface area (Å²) < 4.78 is 140. The fraction of sp³-hybridized carbons (Fsp3) is 0.276. The molecule has 0 aromatic heterocycles. The van der Waals surface area contributed by atoms with Crippen molar-refractivity contribution in [3.05, 3.63) is 88.7 Å². The lowest BCUT2D eigenvalue weighted by molar-refractivity contribution is -0.348. The van der Waals surface area contributed by atoms with Gasteiger partial charge in [-0.2, -0.15) is 40.4 Å². The number of carbonyl (C=O) groups is 2. The van der Waals surface area contributed by atoms with Crippen LogP contribution in [0.4, 0.5) is 55.3 Å². The van der Waals surface area contributed by atoms with Crippen LogP contribution in [-0.4, -0.2) is 37.3 Å². The van der Waals surface area contributed by atoms with Crippen LogP contribution in [-0.2, 0) is 5.67 Å². The molecule has 1 fully saturated rings. The van der Waals surface area contributed by atoms with E-state index >= 15 is 4.39 Å². The van der Waals surface area contributed by atoms with Gasteiger partial charge >= 0.3 is 24.6 Å². The third kappa shape index (κ3) is 6.81. The van der Waals surface area contributed by atoms with E-state index in [9.17, 15) is 49.1 Å². The zero-order valence-electron chi connectivity index (χ0n) is 22.4. The standard InChI is InChI=1S/C29H19F10N3O3/c30-23-19(2-1-3-21(23)42(14-16-4-5-16)25(44)17-8-6-15(13-40)7-9-17)24(43)41-20-11-10-18(12-22(20)45-26(31)32)27(33,28(34,35)36)29(37,38)39/h1-3,6-12,16,26H,4-5,14H2,(H,41,43). The van der Waals surface area contributed by atoms with E-state index in [0.29, 0.717) is 0 Å². The minimum absolute atomic E-state index is 0.00723. The maximum absolute atomic E-state index is 15.8. The molecule has 1 aliphatic carbocycles. The predicted molar refractivity (Wildman–Crippen MR) is 138 cm³/mol. The first-order chi connectivity index (χ1) is 21.0. The van der Waals surface area contributed by atoms with Gasteiger partial charge in [-0.05, 0) is 67.3 Å². The van der Waals surface area contributed by atoms with E-state index in [0.717, 1.165) is 23.8 Å². The Bertz CT molecular complexity index is 1610. The van der Waals surface area contributed by atoms with Gasteiger partial charge in [-0.25, -0.2) is 8.78 Å². The molecule has 6 nitrogen and oxygen atoms in total. The molecule has 238 valence electrons. The quantitative estimate of drug-likeness (QED) is 0.240. The van der Waals surface area contributed by atoms with Crippen molar-refractivity contribution in [1.82, 2.24) is 0 Å². The molecule has 1 saturated carbocycles. The molecule has 1 N–H and O–H groups in total. The van der Waals surface area contributed by atoms with Crippen molar-refractivity contribution < 1.29 is 58.2 Å². The molecular weight excluding hydrogens is 628 g/mol. The predicted octanol–water partition coefficient (Wildman–Crippen LogP) is 7.90. The summed E-state index contributed by atoms with van der Waals surface area (Å²) in [5.74, 6) is -4.85. The summed E-state index contributed by atoms with van der Waals surface area (Å²) >= 11 is 0. The number of anilines is 2. The van der Waals surface area contributed by atoms with E-state index in [2.05, 4.69) is 4.74 Å². The van der Waals surface area contributed by atoms with Crippen LogP contribution in [0.2, 0.25) is 0 Å². The number of nitrogens with zero attached hydrogens (tertiary/aromatic N) is 2. The minimum atomic E-state index is -6.57. The molecular formula is C29H19F10N3O3. The summed E-state index contributed by atoms with van der Waals surface area (Å²) in [6.45, 7) is -3.80. The summed E-state index contributed by atoms with van der Waals surface area (Å²) in [4.78, 5) is 27.4. The van der Waals surface area contributed by atoms with Gasteiger partial charge in [-0.15, -0.1) is 0 Å². The number of rotatable bonds is 9. The highest BCUT2D eigenvalue weighted by Crippen LogP contribution is 2.54. The molecule has 3 aromatic rings. The molecule has 1 aliphatic rings. The molecule has 0 spiro atoms. The zero-order chi connectivity index (χ0) is 33.3. The summed E-state index contributed by atoms with van der Waals surface area (Å²) in [7, 11) is 0. The summed E-state index contributed by atoms with van der Waals surface area (Å²) in [6.07, 6.45) is -11.7. The molecule has 0 heterocycles. The number of amides is 2. The van der Waals surface area contributed by atoms with Gasteiger partial charge in [0.2, 0.25) is 0 Å². The molecule has 2 amide bonds. The van der Waals surface area contributed by atoms with Crippen molar-refractivity contribution in [2.45, 2.75) is 37.5 Å². The van der Waals surface area contributed by atoms with E-state index in [-0.39, 0.29) is 47.5 Å². The van der Waals surface area contributed by atoms with Crippen LogP contribution in [0.5, 0.6) is 5.75 Å². The van der Waals surface area contributed by atoms with E-state index < -0.39 is 64.8 Å². The number of ether oxygens (including phenoxy) is 1. The third-order valence-electron chi connectivity index (χ3n) is 6.78. The van der Waals surface area contributed by atoms with Gasteiger partial charge < -0.3 is 15.0 Å². The maximum Gasteiger partial charge on any atom is 0.435 e. The Morgan fingerprint density at radius 1 is 0.956 bits per heavy atom. The second-order valence-electron chi connectivity index (χ2n) is 9.88. The highest BCUT2D eigenvalue weighted by molar-refractivity contribution is 6.09. The lowest BCUT2D eigenvalue weighted by atomic mass is 9.93. The van der Waals surface area contributed by atoms with Gasteiger partial charge in [0.1, 0.15) is 5.75 Å². The fourth-order valence-electron chi connectivity index (χ4n) is 4.31. The topological polar surface area (TPSA) is 82.4 Å². The Balaban J connectivity index is 1.70. The molecule has 0 aliphatic heterocycles. The minimum Gasteiger partial charge on any atom is -0.433 e. The third-order valence-corrected chi connectivity index (χ3v) is 6.78. The summed E-state index contributed by atoms with van der Waals surface area (Å²) in [5.41, 5.74) is -9.93. The van der Waals surface area contributed by atoms with Crippen molar-refractivity contribution >= 4 is 23.2 Å². The molecule has 16 heteroatoms. The van der Waals surface area contributed by atoms with Crippen molar-refractivity contribution in [1.29, 1.82) is 5.26 Å². The maximum atomic E-state index is 15.8. The van der Waals surface area contributed by atoms with Crippen molar-refractivity contribution in [3.63, 3.8) is 0 Å². The molecule has 0 bridgehead atoms. The first-order valence-electron chi connectivity index (χ1n) is 12.8. The van der Waals surface area contributed by atoms with E-state index in [1.807, 2.05) is 11.4 Å². The Morgan fingerprint density at radius 3 is 2.11 bits per heavy atom. The molecule has 45 heavy (non-hydrogen) atoms. The van der Waals surface area contributed by atoms with Crippen LogP contribution in [0, 0.1) is 23.1 Å². The fourth-order valence-corrected chi connectivity index (χ4v) is 4.31. The van der Waals surface area contributed by atoms with Gasteiger partial charge in [0.05, 0.1) is 28.6 Å². The summed E-state index contributed by atoms with van der Waals surface area (Å²) in [6, 6.07) is 10.5. The van der Waals surface area contributed by atoms with Crippen LogP contribution in [0.3, 0.4) is 0 Å².